The fraction of sp³-hybridized carbons (Fsp3) is 0.923. The summed E-state index contributed by atoms with van der Waals surface area (Å²) in [5.41, 5.74) is 0. The number of rotatable bonds is 6. The second-order valence-corrected chi connectivity index (χ2v) is 5.04. The van der Waals surface area contributed by atoms with Gasteiger partial charge in [-0.1, -0.05) is 0 Å². The number of nitrogens with zero attached hydrogens (tertiary/aromatic N) is 2. The zero-order chi connectivity index (χ0) is 12.6. The molecule has 0 unspecified atom stereocenters. The molecule has 2 aliphatic heterocycles. The molecule has 2 heterocycles. The average molecular weight is 256 g/mol. The summed E-state index contributed by atoms with van der Waals surface area (Å²) in [5, 5.41) is 0. The maximum absolute atomic E-state index is 11.3. The van der Waals surface area contributed by atoms with Gasteiger partial charge in [-0.25, -0.2) is 4.79 Å². The van der Waals surface area contributed by atoms with Gasteiger partial charge >= 0.3 is 6.16 Å². The topological polar surface area (TPSA) is 42.0 Å². The van der Waals surface area contributed by atoms with Crippen LogP contribution >= 0.6 is 0 Å². The third kappa shape index (κ3) is 4.82. The summed E-state index contributed by atoms with van der Waals surface area (Å²) in [5.74, 6) is 0. The van der Waals surface area contributed by atoms with E-state index in [0.717, 1.165) is 39.3 Å². The van der Waals surface area contributed by atoms with Gasteiger partial charge < -0.3 is 9.47 Å². The zero-order valence-electron chi connectivity index (χ0n) is 11.1. The van der Waals surface area contributed by atoms with E-state index < -0.39 is 6.16 Å². The van der Waals surface area contributed by atoms with Gasteiger partial charge in [-0.05, 0) is 51.9 Å². The molecule has 0 aromatic heterocycles. The Bertz CT molecular complexity index is 225. The highest BCUT2D eigenvalue weighted by molar-refractivity contribution is 5.59. The van der Waals surface area contributed by atoms with Crippen molar-refractivity contribution in [1.29, 1.82) is 0 Å². The molecule has 0 atom stereocenters. The van der Waals surface area contributed by atoms with Crippen molar-refractivity contribution in [3.63, 3.8) is 0 Å². The SMILES string of the molecule is O=C(OCCN1CCCC1)OCCN1CCCC1. The lowest BCUT2D eigenvalue weighted by molar-refractivity contribution is 0.0446. The van der Waals surface area contributed by atoms with Crippen LogP contribution in [0.25, 0.3) is 0 Å². The maximum atomic E-state index is 11.3. The lowest BCUT2D eigenvalue weighted by atomic mass is 10.4. The van der Waals surface area contributed by atoms with Crippen LogP contribution in [0.5, 0.6) is 0 Å². The molecule has 0 aliphatic carbocycles. The van der Waals surface area contributed by atoms with Gasteiger partial charge in [0.05, 0.1) is 0 Å². The molecule has 2 rings (SSSR count). The van der Waals surface area contributed by atoms with E-state index in [0.29, 0.717) is 13.2 Å². The highest BCUT2D eigenvalue weighted by Gasteiger charge is 2.14. The molecule has 2 aliphatic rings. The van der Waals surface area contributed by atoms with Crippen LogP contribution in [0.3, 0.4) is 0 Å². The number of hydrogen-bond acceptors (Lipinski definition) is 5. The van der Waals surface area contributed by atoms with Gasteiger partial charge in [0.1, 0.15) is 13.2 Å². The lowest BCUT2D eigenvalue weighted by Gasteiger charge is -2.15. The van der Waals surface area contributed by atoms with E-state index in [4.69, 9.17) is 9.47 Å². The van der Waals surface area contributed by atoms with Crippen LogP contribution in [0.2, 0.25) is 0 Å². The van der Waals surface area contributed by atoms with E-state index >= 15 is 0 Å². The summed E-state index contributed by atoms with van der Waals surface area (Å²) in [6.45, 7) is 7.09. The zero-order valence-corrected chi connectivity index (χ0v) is 11.1. The van der Waals surface area contributed by atoms with Crippen LogP contribution in [0.1, 0.15) is 25.7 Å². The first kappa shape index (κ1) is 13.6. The molecule has 0 amide bonds. The normalized spacial score (nSPS) is 21.3. The van der Waals surface area contributed by atoms with Gasteiger partial charge in [-0.2, -0.15) is 0 Å². The molecular formula is C13H24N2O3. The van der Waals surface area contributed by atoms with E-state index in [1.165, 1.54) is 25.7 Å². The van der Waals surface area contributed by atoms with E-state index in [9.17, 15) is 4.79 Å². The second-order valence-electron chi connectivity index (χ2n) is 5.04. The van der Waals surface area contributed by atoms with Crippen LogP contribution in [0.4, 0.5) is 4.79 Å². The van der Waals surface area contributed by atoms with Crippen LogP contribution in [-0.4, -0.2) is 68.4 Å². The summed E-state index contributed by atoms with van der Waals surface area (Å²) in [4.78, 5) is 15.9. The van der Waals surface area contributed by atoms with E-state index in [1.54, 1.807) is 0 Å². The Labute approximate surface area is 109 Å². The third-order valence-electron chi connectivity index (χ3n) is 3.65. The Hall–Kier alpha value is -0.810. The summed E-state index contributed by atoms with van der Waals surface area (Å²) in [7, 11) is 0. The summed E-state index contributed by atoms with van der Waals surface area (Å²) in [6.07, 6.45) is 4.54. The molecule has 0 aromatic rings. The highest BCUT2D eigenvalue weighted by atomic mass is 16.7. The molecule has 2 fully saturated rings. The third-order valence-corrected chi connectivity index (χ3v) is 3.65. The molecule has 5 nitrogen and oxygen atoms in total. The number of ether oxygens (including phenoxy) is 2. The first-order chi connectivity index (χ1) is 8.84. The van der Waals surface area contributed by atoms with Crippen LogP contribution in [0, 0.1) is 0 Å². The molecular weight excluding hydrogens is 232 g/mol. The van der Waals surface area contributed by atoms with Crippen molar-refractivity contribution in [2.75, 3.05) is 52.5 Å². The number of carbonyl (C=O) groups is 1. The Kier molecular flexibility index (Phi) is 5.74. The monoisotopic (exact) mass is 256 g/mol. The van der Waals surface area contributed by atoms with Crippen LogP contribution in [0.15, 0.2) is 0 Å². The Balaban J connectivity index is 1.44. The van der Waals surface area contributed by atoms with Gasteiger partial charge in [0, 0.05) is 13.1 Å². The largest absolute Gasteiger partial charge is 0.508 e. The Morgan fingerprint density at radius 2 is 1.17 bits per heavy atom. The van der Waals surface area contributed by atoms with Gasteiger partial charge in [-0.15, -0.1) is 0 Å². The molecule has 2 saturated heterocycles. The van der Waals surface area contributed by atoms with Crippen molar-refractivity contribution < 1.29 is 14.3 Å². The number of likely N-dealkylation sites (tertiary alicyclic amines) is 2. The molecule has 5 heteroatoms. The van der Waals surface area contributed by atoms with Gasteiger partial charge in [-0.3, -0.25) is 9.80 Å². The quantitative estimate of drug-likeness (QED) is 0.671. The molecule has 0 N–H and O–H groups in total. The number of carbonyl (C=O) groups excluding carboxylic acids is 1. The standard InChI is InChI=1S/C13H24N2O3/c16-13(17-11-9-14-5-1-2-6-14)18-12-10-15-7-3-4-8-15/h1-12H2. The van der Waals surface area contributed by atoms with E-state index in [-0.39, 0.29) is 0 Å². The van der Waals surface area contributed by atoms with Crippen molar-refractivity contribution in [2.24, 2.45) is 0 Å². The molecule has 0 spiro atoms. The molecule has 0 saturated carbocycles. The predicted octanol–water partition coefficient (Wildman–Crippen LogP) is 1.33. The second kappa shape index (κ2) is 7.59. The molecule has 0 aromatic carbocycles. The predicted molar refractivity (Wildman–Crippen MR) is 68.6 cm³/mol. The Morgan fingerprint density at radius 3 is 1.56 bits per heavy atom. The lowest BCUT2D eigenvalue weighted by Crippen LogP contribution is -2.27. The van der Waals surface area contributed by atoms with Crippen LogP contribution < -0.4 is 0 Å². The van der Waals surface area contributed by atoms with Gasteiger partial charge in [0.25, 0.3) is 0 Å². The van der Waals surface area contributed by atoms with Crippen LogP contribution in [-0.2, 0) is 9.47 Å². The van der Waals surface area contributed by atoms with Crippen molar-refractivity contribution in [1.82, 2.24) is 9.80 Å². The molecule has 0 radical (unpaired) electrons. The minimum absolute atomic E-state index is 0.447. The van der Waals surface area contributed by atoms with E-state index in [2.05, 4.69) is 9.80 Å². The summed E-state index contributed by atoms with van der Waals surface area (Å²) >= 11 is 0. The minimum atomic E-state index is -0.520. The number of hydrogen-bond donors (Lipinski definition) is 0. The van der Waals surface area contributed by atoms with Gasteiger partial charge in [0.2, 0.25) is 0 Å². The van der Waals surface area contributed by atoms with Crippen molar-refractivity contribution >= 4 is 6.16 Å². The highest BCUT2D eigenvalue weighted by Crippen LogP contribution is 2.07. The fourth-order valence-electron chi connectivity index (χ4n) is 2.57. The fourth-order valence-corrected chi connectivity index (χ4v) is 2.57. The maximum Gasteiger partial charge on any atom is 0.508 e. The van der Waals surface area contributed by atoms with Crippen molar-refractivity contribution in [2.45, 2.75) is 25.7 Å². The molecule has 104 valence electrons. The smallest absolute Gasteiger partial charge is 0.433 e. The first-order valence-corrected chi connectivity index (χ1v) is 7.09. The average Bonchev–Trinajstić information content (AvgIpc) is 3.01. The van der Waals surface area contributed by atoms with Crippen molar-refractivity contribution in [3.05, 3.63) is 0 Å². The van der Waals surface area contributed by atoms with Gasteiger partial charge in [0.15, 0.2) is 0 Å². The van der Waals surface area contributed by atoms with E-state index in [1.807, 2.05) is 0 Å². The first-order valence-electron chi connectivity index (χ1n) is 7.09. The summed E-state index contributed by atoms with van der Waals surface area (Å²) < 4.78 is 10.1. The summed E-state index contributed by atoms with van der Waals surface area (Å²) in [6, 6.07) is 0. The molecule has 18 heavy (non-hydrogen) atoms. The Morgan fingerprint density at radius 1 is 0.778 bits per heavy atom. The van der Waals surface area contributed by atoms with Crippen molar-refractivity contribution in [3.8, 4) is 0 Å². The molecule has 0 bridgehead atoms. The minimum Gasteiger partial charge on any atom is -0.433 e.